The molecule has 0 aromatic heterocycles. The highest BCUT2D eigenvalue weighted by atomic mass is 15.1. The fourth-order valence-electron chi connectivity index (χ4n) is 2.84. The SMILES string of the molecule is C=C(/C=C\C(=C)N(C)CCCC)CN1CCC(C)(CC#N)CC1.C=CC.CC.CC. The third kappa shape index (κ3) is 17.1. The van der Waals surface area contributed by atoms with E-state index in [4.69, 9.17) is 5.26 Å². The molecule has 1 aliphatic heterocycles. The maximum Gasteiger partial charge on any atom is 0.0627 e. The highest BCUT2D eigenvalue weighted by Gasteiger charge is 2.29. The van der Waals surface area contributed by atoms with Crippen LogP contribution in [0.5, 0.6) is 0 Å². The van der Waals surface area contributed by atoms with Crippen molar-refractivity contribution >= 4 is 0 Å². The van der Waals surface area contributed by atoms with Gasteiger partial charge < -0.3 is 4.90 Å². The molecule has 0 unspecified atom stereocenters. The standard InChI is InChI=1S/C20H33N3.C3H6.2C2H6/c1-6-7-14-22(5)19(3)9-8-18(2)17-23-15-11-20(4,10-13-21)12-16-23;1-3-2;2*1-2/h8-9H,2-3,6-7,10-12,14-17H2,1,4-5H3;3H,1H2,2H3;2*1-2H3/b9-8-;;;. The molecule has 3 heteroatoms. The second-order valence-corrected chi connectivity index (χ2v) is 7.59. The maximum atomic E-state index is 8.92. The highest BCUT2D eigenvalue weighted by molar-refractivity contribution is 5.24. The first-order valence-corrected chi connectivity index (χ1v) is 11.7. The van der Waals surface area contributed by atoms with Crippen molar-refractivity contribution in [2.75, 3.05) is 33.2 Å². The Morgan fingerprint density at radius 1 is 1.13 bits per heavy atom. The van der Waals surface area contributed by atoms with Gasteiger partial charge in [-0.1, -0.05) is 73.3 Å². The minimum atomic E-state index is 0.207. The molecular formula is C27H51N3. The van der Waals surface area contributed by atoms with Crippen molar-refractivity contribution in [3.8, 4) is 6.07 Å². The van der Waals surface area contributed by atoms with Gasteiger partial charge in [0.2, 0.25) is 0 Å². The molecule has 0 radical (unpaired) electrons. The van der Waals surface area contributed by atoms with Gasteiger partial charge in [-0.25, -0.2) is 0 Å². The summed E-state index contributed by atoms with van der Waals surface area (Å²) in [6.45, 7) is 30.1. The van der Waals surface area contributed by atoms with Gasteiger partial charge in [-0.3, -0.25) is 4.90 Å². The van der Waals surface area contributed by atoms with Gasteiger partial charge >= 0.3 is 0 Å². The van der Waals surface area contributed by atoms with E-state index in [0.717, 1.165) is 50.3 Å². The number of rotatable bonds is 9. The molecule has 0 aliphatic carbocycles. The Kier molecular flexibility index (Phi) is 24.0. The predicted octanol–water partition coefficient (Wildman–Crippen LogP) is 7.60. The summed E-state index contributed by atoms with van der Waals surface area (Å²) < 4.78 is 0. The van der Waals surface area contributed by atoms with E-state index in [9.17, 15) is 0 Å². The number of nitrogens with zero attached hydrogens (tertiary/aromatic N) is 3. The molecule has 0 N–H and O–H groups in total. The van der Waals surface area contributed by atoms with Crippen LogP contribution in [0, 0.1) is 16.7 Å². The van der Waals surface area contributed by atoms with Crippen molar-refractivity contribution in [3.05, 3.63) is 49.2 Å². The normalized spacial score (nSPS) is 14.5. The van der Waals surface area contributed by atoms with Gasteiger partial charge in [-0.05, 0) is 56.3 Å². The molecule has 0 saturated carbocycles. The van der Waals surface area contributed by atoms with Gasteiger partial charge in [0.25, 0.3) is 0 Å². The molecule has 30 heavy (non-hydrogen) atoms. The van der Waals surface area contributed by atoms with E-state index in [1.54, 1.807) is 6.08 Å². The van der Waals surface area contributed by atoms with E-state index in [-0.39, 0.29) is 5.41 Å². The number of piperidine rings is 1. The van der Waals surface area contributed by atoms with Crippen molar-refractivity contribution in [1.29, 1.82) is 5.26 Å². The summed E-state index contributed by atoms with van der Waals surface area (Å²) >= 11 is 0. The minimum absolute atomic E-state index is 0.207. The van der Waals surface area contributed by atoms with Crippen molar-refractivity contribution in [3.63, 3.8) is 0 Å². The third-order valence-electron chi connectivity index (χ3n) is 4.84. The summed E-state index contributed by atoms with van der Waals surface area (Å²) in [7, 11) is 2.09. The highest BCUT2D eigenvalue weighted by Crippen LogP contribution is 2.34. The molecule has 0 aromatic rings. The first-order valence-electron chi connectivity index (χ1n) is 11.7. The van der Waals surface area contributed by atoms with Crippen molar-refractivity contribution < 1.29 is 0 Å². The van der Waals surface area contributed by atoms with Crippen LogP contribution in [0.2, 0.25) is 0 Å². The van der Waals surface area contributed by atoms with Gasteiger partial charge in [0.05, 0.1) is 6.07 Å². The monoisotopic (exact) mass is 417 g/mol. The quantitative estimate of drug-likeness (QED) is 0.286. The van der Waals surface area contributed by atoms with Gasteiger partial charge in [0.15, 0.2) is 0 Å². The van der Waals surface area contributed by atoms with Crippen LogP contribution in [0.25, 0.3) is 0 Å². The Morgan fingerprint density at radius 3 is 2.07 bits per heavy atom. The molecule has 0 aromatic carbocycles. The first-order chi connectivity index (χ1) is 14.3. The van der Waals surface area contributed by atoms with E-state index < -0.39 is 0 Å². The largest absolute Gasteiger partial charge is 0.375 e. The molecule has 0 amide bonds. The lowest BCUT2D eigenvalue weighted by Gasteiger charge is -2.38. The first kappa shape index (κ1) is 32.9. The number of nitriles is 1. The Labute approximate surface area is 189 Å². The van der Waals surface area contributed by atoms with Crippen LogP contribution in [0.1, 0.15) is 80.6 Å². The molecule has 0 bridgehead atoms. The lowest BCUT2D eigenvalue weighted by Crippen LogP contribution is -2.39. The summed E-state index contributed by atoms with van der Waals surface area (Å²) in [5, 5.41) is 8.92. The Bertz CT molecular complexity index is 503. The van der Waals surface area contributed by atoms with E-state index >= 15 is 0 Å². The summed E-state index contributed by atoms with van der Waals surface area (Å²) in [5.41, 5.74) is 2.37. The summed E-state index contributed by atoms with van der Waals surface area (Å²) in [6, 6.07) is 2.33. The molecular weight excluding hydrogens is 366 g/mol. The lowest BCUT2D eigenvalue weighted by atomic mass is 9.78. The maximum absolute atomic E-state index is 8.92. The van der Waals surface area contributed by atoms with E-state index in [1.807, 2.05) is 34.6 Å². The van der Waals surface area contributed by atoms with Gasteiger partial charge in [-0.2, -0.15) is 5.26 Å². The fourth-order valence-corrected chi connectivity index (χ4v) is 2.84. The average Bonchev–Trinajstić information content (AvgIpc) is 2.75. The van der Waals surface area contributed by atoms with Crippen molar-refractivity contribution in [2.45, 2.75) is 80.6 Å². The van der Waals surface area contributed by atoms with Crippen LogP contribution < -0.4 is 0 Å². The zero-order chi connectivity index (χ0) is 24.0. The number of allylic oxidation sites excluding steroid dienone is 2. The van der Waals surface area contributed by atoms with E-state index in [0.29, 0.717) is 6.42 Å². The van der Waals surface area contributed by atoms with Crippen LogP contribution in [-0.2, 0) is 0 Å². The smallest absolute Gasteiger partial charge is 0.0627 e. The predicted molar refractivity (Wildman–Crippen MR) is 138 cm³/mol. The number of likely N-dealkylation sites (tertiary alicyclic amines) is 1. The van der Waals surface area contributed by atoms with Crippen LogP contribution in [0.4, 0.5) is 0 Å². The molecule has 1 heterocycles. The number of unbranched alkanes of at least 4 members (excludes halogenated alkanes) is 1. The number of hydrogen-bond acceptors (Lipinski definition) is 3. The molecule has 1 saturated heterocycles. The average molecular weight is 418 g/mol. The van der Waals surface area contributed by atoms with Gasteiger partial charge in [0, 0.05) is 32.3 Å². The molecule has 174 valence electrons. The second kappa shape index (κ2) is 21.9. The molecule has 0 spiro atoms. The Hall–Kier alpha value is -1.79. The molecule has 1 aliphatic rings. The zero-order valence-corrected chi connectivity index (χ0v) is 21.6. The fraction of sp³-hybridized carbons (Fsp3) is 0.667. The van der Waals surface area contributed by atoms with E-state index in [1.165, 1.54) is 12.8 Å². The van der Waals surface area contributed by atoms with Crippen molar-refractivity contribution in [1.82, 2.24) is 9.80 Å². The third-order valence-corrected chi connectivity index (χ3v) is 4.84. The van der Waals surface area contributed by atoms with Crippen LogP contribution in [0.15, 0.2) is 49.2 Å². The van der Waals surface area contributed by atoms with E-state index in [2.05, 4.69) is 68.7 Å². The molecule has 1 fully saturated rings. The van der Waals surface area contributed by atoms with Gasteiger partial charge in [-0.15, -0.1) is 6.58 Å². The lowest BCUT2D eigenvalue weighted by molar-refractivity contribution is 0.130. The summed E-state index contributed by atoms with van der Waals surface area (Å²) in [4.78, 5) is 4.64. The Morgan fingerprint density at radius 2 is 1.63 bits per heavy atom. The van der Waals surface area contributed by atoms with Crippen molar-refractivity contribution in [2.24, 2.45) is 5.41 Å². The topological polar surface area (TPSA) is 30.3 Å². The van der Waals surface area contributed by atoms with Gasteiger partial charge in [0.1, 0.15) is 0 Å². The summed E-state index contributed by atoms with van der Waals surface area (Å²) in [5.74, 6) is 0. The molecule has 3 nitrogen and oxygen atoms in total. The number of hydrogen-bond donors (Lipinski definition) is 0. The van der Waals surface area contributed by atoms with Crippen LogP contribution in [0.3, 0.4) is 0 Å². The van der Waals surface area contributed by atoms with Crippen LogP contribution in [-0.4, -0.2) is 43.0 Å². The number of likely N-dealkylation sites (N-methyl/N-ethyl adjacent to an activating group) is 1. The summed E-state index contributed by atoms with van der Waals surface area (Å²) in [6.07, 6.45) is 11.2. The minimum Gasteiger partial charge on any atom is -0.375 e. The second-order valence-electron chi connectivity index (χ2n) is 7.59. The molecule has 1 rings (SSSR count). The molecule has 0 atom stereocenters. The zero-order valence-electron chi connectivity index (χ0n) is 21.6. The van der Waals surface area contributed by atoms with Crippen LogP contribution >= 0.6 is 0 Å². The Balaban J connectivity index is -0.000000926.